The van der Waals surface area contributed by atoms with Crippen molar-refractivity contribution in [1.29, 1.82) is 0 Å². The number of carbonyl (C=O) groups is 2. The van der Waals surface area contributed by atoms with E-state index in [-0.39, 0.29) is 5.91 Å². The zero-order chi connectivity index (χ0) is 25.9. The van der Waals surface area contributed by atoms with E-state index in [0.717, 1.165) is 42.2 Å². The largest absolute Gasteiger partial charge is 0.480 e. The van der Waals surface area contributed by atoms with Crippen LogP contribution in [0.1, 0.15) is 73.4 Å². The maximum Gasteiger partial charge on any atom is 0.326 e. The van der Waals surface area contributed by atoms with Gasteiger partial charge >= 0.3 is 5.97 Å². The number of benzene rings is 2. The van der Waals surface area contributed by atoms with E-state index in [4.69, 9.17) is 0 Å². The Labute approximate surface area is 221 Å². The van der Waals surface area contributed by atoms with Crippen molar-refractivity contribution in [2.75, 3.05) is 25.1 Å². The summed E-state index contributed by atoms with van der Waals surface area (Å²) in [5, 5.41) is 12.4. The number of carboxylic acids is 1. The third-order valence-corrected chi connectivity index (χ3v) is 8.05. The Kier molecular flexibility index (Phi) is 11.3. The molecule has 1 aliphatic carbocycles. The normalized spacial score (nSPS) is 15.1. The highest BCUT2D eigenvalue weighted by molar-refractivity contribution is 7.98. The molecule has 0 unspecified atom stereocenters. The molecule has 1 saturated carbocycles. The predicted octanol–water partition coefficient (Wildman–Crippen LogP) is 6.39. The van der Waals surface area contributed by atoms with E-state index in [1.54, 1.807) is 11.8 Å². The molecule has 5 nitrogen and oxygen atoms in total. The summed E-state index contributed by atoms with van der Waals surface area (Å²) in [6.45, 7) is 7.19. The first-order valence-electron chi connectivity index (χ1n) is 13.4. The highest BCUT2D eigenvalue weighted by atomic mass is 32.2. The van der Waals surface area contributed by atoms with Gasteiger partial charge in [0, 0.05) is 12.1 Å². The van der Waals surface area contributed by atoms with Gasteiger partial charge in [-0.1, -0.05) is 69.4 Å². The maximum absolute atomic E-state index is 13.3. The van der Waals surface area contributed by atoms with Crippen LogP contribution in [0.2, 0.25) is 0 Å². The van der Waals surface area contributed by atoms with Gasteiger partial charge in [-0.15, -0.1) is 0 Å². The summed E-state index contributed by atoms with van der Waals surface area (Å²) in [4.78, 5) is 27.5. The fourth-order valence-electron chi connectivity index (χ4n) is 5.16. The van der Waals surface area contributed by atoms with Crippen LogP contribution in [0.5, 0.6) is 0 Å². The molecule has 6 heteroatoms. The van der Waals surface area contributed by atoms with Crippen molar-refractivity contribution in [3.8, 4) is 11.1 Å². The van der Waals surface area contributed by atoms with Crippen LogP contribution in [0.4, 0.5) is 0 Å². The Morgan fingerprint density at radius 2 is 1.86 bits per heavy atom. The molecule has 2 aromatic carbocycles. The molecule has 2 N–H and O–H groups in total. The fourth-order valence-corrected chi connectivity index (χ4v) is 5.63. The van der Waals surface area contributed by atoms with E-state index in [1.807, 2.05) is 49.6 Å². The lowest BCUT2D eigenvalue weighted by Gasteiger charge is -2.26. The Bertz CT molecular complexity index is 1000. The van der Waals surface area contributed by atoms with Crippen LogP contribution in [0.25, 0.3) is 11.1 Å². The molecule has 1 fully saturated rings. The van der Waals surface area contributed by atoms with Crippen molar-refractivity contribution in [1.82, 2.24) is 10.2 Å². The zero-order valence-electron chi connectivity index (χ0n) is 22.1. The van der Waals surface area contributed by atoms with E-state index in [1.165, 1.54) is 44.1 Å². The second kappa shape index (κ2) is 14.4. The molecular weight excluding hydrogens is 468 g/mol. The van der Waals surface area contributed by atoms with Crippen LogP contribution in [0.15, 0.2) is 42.5 Å². The zero-order valence-corrected chi connectivity index (χ0v) is 22.9. The van der Waals surface area contributed by atoms with Crippen molar-refractivity contribution in [2.24, 2.45) is 5.92 Å². The van der Waals surface area contributed by atoms with E-state index >= 15 is 0 Å². The van der Waals surface area contributed by atoms with Crippen LogP contribution in [-0.2, 0) is 11.3 Å². The molecule has 1 amide bonds. The molecule has 2 aromatic rings. The van der Waals surface area contributed by atoms with Gasteiger partial charge < -0.3 is 10.4 Å². The van der Waals surface area contributed by atoms with Gasteiger partial charge in [0.2, 0.25) is 0 Å². The number of aryl methyl sites for hydroxylation is 1. The Balaban J connectivity index is 1.83. The number of nitrogens with zero attached hydrogens (tertiary/aromatic N) is 1. The predicted molar refractivity (Wildman–Crippen MR) is 151 cm³/mol. The molecule has 1 atom stereocenters. The summed E-state index contributed by atoms with van der Waals surface area (Å²) in [5.74, 6) is 0.199. The van der Waals surface area contributed by atoms with Gasteiger partial charge in [-0.25, -0.2) is 4.79 Å². The van der Waals surface area contributed by atoms with E-state index in [2.05, 4.69) is 23.2 Å². The number of hydrogen-bond acceptors (Lipinski definition) is 4. The number of hydrogen-bond donors (Lipinski definition) is 2. The summed E-state index contributed by atoms with van der Waals surface area (Å²) in [6.07, 6.45) is 10.5. The van der Waals surface area contributed by atoms with Gasteiger partial charge in [0.05, 0.1) is 0 Å². The summed E-state index contributed by atoms with van der Waals surface area (Å²) >= 11 is 1.58. The molecule has 0 aliphatic heterocycles. The molecule has 0 aromatic heterocycles. The second-order valence-corrected chi connectivity index (χ2v) is 11.0. The average Bonchev–Trinajstić information content (AvgIpc) is 2.89. The first-order chi connectivity index (χ1) is 17.4. The highest BCUT2D eigenvalue weighted by Gasteiger charge is 2.23. The Hall–Kier alpha value is -2.31. The van der Waals surface area contributed by atoms with Crippen molar-refractivity contribution in [2.45, 2.75) is 71.4 Å². The lowest BCUT2D eigenvalue weighted by molar-refractivity contribution is -0.139. The van der Waals surface area contributed by atoms with E-state index < -0.39 is 12.0 Å². The number of rotatable bonds is 13. The van der Waals surface area contributed by atoms with E-state index in [9.17, 15) is 14.7 Å². The van der Waals surface area contributed by atoms with Gasteiger partial charge in [-0.05, 0) is 85.2 Å². The smallest absolute Gasteiger partial charge is 0.326 e. The number of thioether (sulfide) groups is 1. The molecule has 0 heterocycles. The van der Waals surface area contributed by atoms with Gasteiger partial charge in [0.25, 0.3) is 5.91 Å². The number of carbonyl (C=O) groups excluding carboxylic acids is 1. The fraction of sp³-hybridized carbons (Fsp3) is 0.533. The standard InChI is InChI=1S/C30H42N2O3S/c1-4-32(18-16-23-11-6-5-7-12-23)21-24-14-15-26(27(20-24)25-13-9-8-10-22(25)2)29(33)31-28(30(34)35)17-19-36-3/h8-10,13-15,20,23,28H,4-7,11-12,16-19,21H2,1-3H3,(H,31,33)(H,34,35)/t28-/m0/s1. The van der Waals surface area contributed by atoms with Crippen LogP contribution < -0.4 is 5.32 Å². The molecule has 0 radical (unpaired) electrons. The van der Waals surface area contributed by atoms with Gasteiger partial charge in [0.1, 0.15) is 6.04 Å². The van der Waals surface area contributed by atoms with E-state index in [0.29, 0.717) is 17.7 Å². The summed E-state index contributed by atoms with van der Waals surface area (Å²) < 4.78 is 0. The number of carboxylic acid groups (broad SMARTS) is 1. The van der Waals surface area contributed by atoms with Gasteiger partial charge in [-0.3, -0.25) is 9.69 Å². The molecule has 0 spiro atoms. The highest BCUT2D eigenvalue weighted by Crippen LogP contribution is 2.30. The van der Waals surface area contributed by atoms with Crippen molar-refractivity contribution in [3.05, 3.63) is 59.2 Å². The van der Waals surface area contributed by atoms with Crippen LogP contribution in [-0.4, -0.2) is 53.0 Å². The van der Waals surface area contributed by atoms with Crippen molar-refractivity contribution in [3.63, 3.8) is 0 Å². The monoisotopic (exact) mass is 510 g/mol. The second-order valence-electron chi connectivity index (χ2n) is 10.0. The molecule has 196 valence electrons. The van der Waals surface area contributed by atoms with Crippen LogP contribution >= 0.6 is 11.8 Å². The van der Waals surface area contributed by atoms with Gasteiger partial charge in [-0.2, -0.15) is 11.8 Å². The van der Waals surface area contributed by atoms with Gasteiger partial charge in [0.15, 0.2) is 0 Å². The van der Waals surface area contributed by atoms with Crippen molar-refractivity contribution >= 4 is 23.6 Å². The summed E-state index contributed by atoms with van der Waals surface area (Å²) in [7, 11) is 0. The van der Waals surface area contributed by atoms with Crippen LogP contribution in [0, 0.1) is 12.8 Å². The minimum atomic E-state index is -0.997. The van der Waals surface area contributed by atoms with Crippen molar-refractivity contribution < 1.29 is 14.7 Å². The topological polar surface area (TPSA) is 69.6 Å². The number of amides is 1. The maximum atomic E-state index is 13.3. The first-order valence-corrected chi connectivity index (χ1v) is 14.8. The summed E-state index contributed by atoms with van der Waals surface area (Å²) in [6, 6.07) is 13.2. The molecule has 36 heavy (non-hydrogen) atoms. The average molecular weight is 511 g/mol. The number of aliphatic carboxylic acids is 1. The molecule has 1 aliphatic rings. The van der Waals surface area contributed by atoms with Crippen LogP contribution in [0.3, 0.4) is 0 Å². The molecular formula is C30H42N2O3S. The Morgan fingerprint density at radius 1 is 1.11 bits per heavy atom. The third kappa shape index (κ3) is 8.10. The number of nitrogens with one attached hydrogen (secondary N) is 1. The lowest BCUT2D eigenvalue weighted by atomic mass is 9.87. The minimum absolute atomic E-state index is 0.335. The minimum Gasteiger partial charge on any atom is -0.480 e. The lowest BCUT2D eigenvalue weighted by Crippen LogP contribution is -2.41. The molecule has 3 rings (SSSR count). The molecule has 0 bridgehead atoms. The third-order valence-electron chi connectivity index (χ3n) is 7.41. The Morgan fingerprint density at radius 3 is 2.53 bits per heavy atom. The quantitative estimate of drug-likeness (QED) is 0.327. The summed E-state index contributed by atoms with van der Waals surface area (Å²) in [5.41, 5.74) is 4.65. The molecule has 0 saturated heterocycles. The SMILES string of the molecule is CCN(CCC1CCCCC1)Cc1ccc(C(=O)N[C@@H](CCSC)C(=O)O)c(-c2ccccc2C)c1. The first kappa shape index (κ1) is 28.3.